The average Bonchev–Trinajstić information content (AvgIpc) is 2.89. The molecule has 1 aliphatic heterocycles. The van der Waals surface area contributed by atoms with Gasteiger partial charge in [0.05, 0.1) is 0 Å². The van der Waals surface area contributed by atoms with Crippen LogP contribution in [0.3, 0.4) is 0 Å². The smallest absolute Gasteiger partial charge is 0.326 e. The van der Waals surface area contributed by atoms with Crippen LogP contribution in [0.1, 0.15) is 37.7 Å². The van der Waals surface area contributed by atoms with Crippen LogP contribution in [-0.4, -0.2) is 34.5 Å². The zero-order valence-electron chi connectivity index (χ0n) is 11.1. The van der Waals surface area contributed by atoms with Crippen LogP contribution in [-0.2, 0) is 9.59 Å². The van der Waals surface area contributed by atoms with Crippen LogP contribution in [0.2, 0.25) is 0 Å². The molecule has 1 aliphatic rings. The van der Waals surface area contributed by atoms with Crippen LogP contribution >= 0.6 is 0 Å². The Hall–Kier alpha value is -1.84. The fourth-order valence-corrected chi connectivity index (χ4v) is 2.60. The number of carboxylic acid groups (broad SMARTS) is 1. The zero-order chi connectivity index (χ0) is 13.8. The molecular weight excluding hydrogens is 242 g/mol. The molecule has 0 spiro atoms. The fourth-order valence-electron chi connectivity index (χ4n) is 2.60. The van der Waals surface area contributed by atoms with Gasteiger partial charge in [-0.1, -0.05) is 37.3 Å². The van der Waals surface area contributed by atoms with Gasteiger partial charge in [-0.15, -0.1) is 0 Å². The first-order valence-electron chi connectivity index (χ1n) is 6.67. The summed E-state index contributed by atoms with van der Waals surface area (Å²) in [7, 11) is 0. The molecule has 0 radical (unpaired) electrons. The van der Waals surface area contributed by atoms with Crippen LogP contribution in [0.5, 0.6) is 0 Å². The lowest BCUT2D eigenvalue weighted by molar-refractivity contribution is -0.148. The highest BCUT2D eigenvalue weighted by Crippen LogP contribution is 2.24. The summed E-state index contributed by atoms with van der Waals surface area (Å²) in [6.07, 6.45) is 1.72. The third-order valence-corrected chi connectivity index (χ3v) is 3.71. The van der Waals surface area contributed by atoms with E-state index < -0.39 is 12.0 Å². The van der Waals surface area contributed by atoms with Gasteiger partial charge >= 0.3 is 5.97 Å². The normalized spacial score (nSPS) is 20.3. The highest BCUT2D eigenvalue weighted by Gasteiger charge is 2.34. The van der Waals surface area contributed by atoms with E-state index in [0.29, 0.717) is 19.4 Å². The number of carbonyl (C=O) groups excluding carboxylic acids is 1. The van der Waals surface area contributed by atoms with Crippen molar-refractivity contribution in [1.82, 2.24) is 4.90 Å². The minimum Gasteiger partial charge on any atom is -0.480 e. The van der Waals surface area contributed by atoms with Gasteiger partial charge in [-0.3, -0.25) is 4.79 Å². The van der Waals surface area contributed by atoms with Crippen molar-refractivity contribution in [1.29, 1.82) is 0 Å². The average molecular weight is 261 g/mol. The van der Waals surface area contributed by atoms with Gasteiger partial charge in [-0.2, -0.15) is 0 Å². The van der Waals surface area contributed by atoms with Crippen molar-refractivity contribution in [2.24, 2.45) is 0 Å². The Morgan fingerprint density at radius 1 is 1.37 bits per heavy atom. The van der Waals surface area contributed by atoms with E-state index in [1.807, 2.05) is 37.3 Å². The first-order valence-corrected chi connectivity index (χ1v) is 6.67. The predicted octanol–water partition coefficient (Wildman–Crippen LogP) is 2.26. The van der Waals surface area contributed by atoms with Gasteiger partial charge in [0.25, 0.3) is 0 Å². The number of benzene rings is 1. The topological polar surface area (TPSA) is 57.6 Å². The second kappa shape index (κ2) is 5.87. The number of rotatable bonds is 4. The summed E-state index contributed by atoms with van der Waals surface area (Å²) >= 11 is 0. The molecule has 2 rings (SSSR count). The number of amides is 1. The molecule has 1 amide bonds. The Morgan fingerprint density at radius 3 is 2.68 bits per heavy atom. The molecule has 0 saturated carbocycles. The van der Waals surface area contributed by atoms with Crippen molar-refractivity contribution in [3.63, 3.8) is 0 Å². The first kappa shape index (κ1) is 13.6. The lowest BCUT2D eigenvalue weighted by atomic mass is 9.97. The quantitative estimate of drug-likeness (QED) is 0.904. The fraction of sp³-hybridized carbons (Fsp3) is 0.467. The van der Waals surface area contributed by atoms with E-state index in [0.717, 1.165) is 12.0 Å². The molecule has 1 aromatic rings. The SMILES string of the molecule is CC(CC(=O)N1CCC[C@@H]1C(=O)O)c1ccccc1. The number of hydrogen-bond donors (Lipinski definition) is 1. The Morgan fingerprint density at radius 2 is 2.05 bits per heavy atom. The minimum absolute atomic E-state index is 0.0544. The van der Waals surface area contributed by atoms with Crippen molar-refractivity contribution in [3.8, 4) is 0 Å². The molecule has 1 unspecified atom stereocenters. The predicted molar refractivity (Wildman–Crippen MR) is 71.8 cm³/mol. The van der Waals surface area contributed by atoms with Gasteiger partial charge in [-0.25, -0.2) is 4.79 Å². The Bertz CT molecular complexity index is 458. The van der Waals surface area contributed by atoms with Gasteiger partial charge in [0.2, 0.25) is 5.91 Å². The third-order valence-electron chi connectivity index (χ3n) is 3.71. The third kappa shape index (κ3) is 3.13. The summed E-state index contributed by atoms with van der Waals surface area (Å²) in [4.78, 5) is 24.8. The number of carboxylic acids is 1. The highest BCUT2D eigenvalue weighted by atomic mass is 16.4. The summed E-state index contributed by atoms with van der Waals surface area (Å²) in [5, 5.41) is 9.09. The molecule has 1 saturated heterocycles. The van der Waals surface area contributed by atoms with Crippen LogP contribution in [0, 0.1) is 0 Å². The number of hydrogen-bond acceptors (Lipinski definition) is 2. The van der Waals surface area contributed by atoms with Crippen molar-refractivity contribution < 1.29 is 14.7 Å². The highest BCUT2D eigenvalue weighted by molar-refractivity contribution is 5.84. The van der Waals surface area contributed by atoms with Crippen molar-refractivity contribution >= 4 is 11.9 Å². The summed E-state index contributed by atoms with van der Waals surface area (Å²) < 4.78 is 0. The van der Waals surface area contributed by atoms with Crippen LogP contribution < -0.4 is 0 Å². The van der Waals surface area contributed by atoms with Crippen molar-refractivity contribution in [2.45, 2.75) is 38.1 Å². The van der Waals surface area contributed by atoms with Crippen LogP contribution in [0.25, 0.3) is 0 Å². The van der Waals surface area contributed by atoms with Crippen LogP contribution in [0.4, 0.5) is 0 Å². The molecule has 1 heterocycles. The van der Waals surface area contributed by atoms with E-state index in [1.165, 1.54) is 4.90 Å². The van der Waals surface area contributed by atoms with Gasteiger partial charge in [0.15, 0.2) is 0 Å². The van der Waals surface area contributed by atoms with Crippen molar-refractivity contribution in [3.05, 3.63) is 35.9 Å². The Kier molecular flexibility index (Phi) is 4.20. The molecule has 4 nitrogen and oxygen atoms in total. The number of likely N-dealkylation sites (tertiary alicyclic amines) is 1. The maximum atomic E-state index is 12.2. The summed E-state index contributed by atoms with van der Waals surface area (Å²) in [5.41, 5.74) is 1.11. The standard InChI is InChI=1S/C15H19NO3/c1-11(12-6-3-2-4-7-12)10-14(17)16-9-5-8-13(16)15(18)19/h2-4,6-7,11,13H,5,8-10H2,1H3,(H,18,19)/t11?,13-/m1/s1. The molecule has 1 aromatic carbocycles. The number of carbonyl (C=O) groups is 2. The van der Waals surface area contributed by atoms with Gasteiger partial charge < -0.3 is 10.0 Å². The molecule has 4 heteroatoms. The second-order valence-electron chi connectivity index (χ2n) is 5.10. The Balaban J connectivity index is 1.99. The molecular formula is C15H19NO3. The van der Waals surface area contributed by atoms with Gasteiger partial charge in [0.1, 0.15) is 6.04 Å². The molecule has 0 aromatic heterocycles. The molecule has 1 N–H and O–H groups in total. The molecule has 102 valence electrons. The lowest BCUT2D eigenvalue weighted by Crippen LogP contribution is -2.40. The summed E-state index contributed by atoms with van der Waals surface area (Å²) in [6, 6.07) is 9.21. The monoisotopic (exact) mass is 261 g/mol. The molecule has 0 aliphatic carbocycles. The van der Waals surface area contributed by atoms with E-state index >= 15 is 0 Å². The van der Waals surface area contributed by atoms with Gasteiger partial charge in [0, 0.05) is 13.0 Å². The van der Waals surface area contributed by atoms with E-state index in [9.17, 15) is 9.59 Å². The van der Waals surface area contributed by atoms with Crippen molar-refractivity contribution in [2.75, 3.05) is 6.54 Å². The van der Waals surface area contributed by atoms with E-state index in [-0.39, 0.29) is 11.8 Å². The largest absolute Gasteiger partial charge is 0.480 e. The molecule has 2 atom stereocenters. The molecule has 19 heavy (non-hydrogen) atoms. The van der Waals surface area contributed by atoms with Gasteiger partial charge in [-0.05, 0) is 24.3 Å². The second-order valence-corrected chi connectivity index (χ2v) is 5.10. The zero-order valence-corrected chi connectivity index (χ0v) is 11.1. The first-order chi connectivity index (χ1) is 9.09. The van der Waals surface area contributed by atoms with E-state index in [4.69, 9.17) is 5.11 Å². The van der Waals surface area contributed by atoms with E-state index in [1.54, 1.807) is 0 Å². The number of nitrogens with zero attached hydrogens (tertiary/aromatic N) is 1. The van der Waals surface area contributed by atoms with E-state index in [2.05, 4.69) is 0 Å². The lowest BCUT2D eigenvalue weighted by Gasteiger charge is -2.23. The minimum atomic E-state index is -0.891. The maximum absolute atomic E-state index is 12.2. The maximum Gasteiger partial charge on any atom is 0.326 e. The summed E-state index contributed by atoms with van der Waals surface area (Å²) in [5.74, 6) is -0.830. The molecule has 1 fully saturated rings. The molecule has 0 bridgehead atoms. The summed E-state index contributed by atoms with van der Waals surface area (Å²) in [6.45, 7) is 2.57. The number of aliphatic carboxylic acids is 1. The van der Waals surface area contributed by atoms with Crippen LogP contribution in [0.15, 0.2) is 30.3 Å². The Labute approximate surface area is 113 Å².